The fourth-order valence-corrected chi connectivity index (χ4v) is 6.72. The van der Waals surface area contributed by atoms with Crippen LogP contribution in [0.4, 0.5) is 17.3 Å². The summed E-state index contributed by atoms with van der Waals surface area (Å²) in [7, 11) is -3.76. The molecule has 9 nitrogen and oxygen atoms in total. The molecule has 0 saturated heterocycles. The van der Waals surface area contributed by atoms with Gasteiger partial charge in [0.2, 0.25) is 5.95 Å². The summed E-state index contributed by atoms with van der Waals surface area (Å²) in [5.74, 6) is 0.672. The molecule has 0 radical (unpaired) electrons. The lowest BCUT2D eigenvalue weighted by Gasteiger charge is -2.18. The molecule has 4 aromatic rings. The van der Waals surface area contributed by atoms with E-state index in [-0.39, 0.29) is 4.90 Å². The number of nitrogens with one attached hydrogen (secondary N) is 2. The van der Waals surface area contributed by atoms with Crippen molar-refractivity contribution in [1.29, 1.82) is 0 Å². The molecule has 2 aromatic heterocycles. The topological polar surface area (TPSA) is 120 Å². The van der Waals surface area contributed by atoms with E-state index in [0.717, 1.165) is 53.8 Å². The fourth-order valence-electron chi connectivity index (χ4n) is 5.61. The van der Waals surface area contributed by atoms with Gasteiger partial charge in [0, 0.05) is 54.3 Å². The van der Waals surface area contributed by atoms with Crippen molar-refractivity contribution >= 4 is 27.3 Å². The van der Waals surface area contributed by atoms with Gasteiger partial charge in [-0.25, -0.2) is 18.4 Å². The first-order valence-electron chi connectivity index (χ1n) is 16.1. The van der Waals surface area contributed by atoms with Gasteiger partial charge in [-0.1, -0.05) is 57.2 Å². The quantitative estimate of drug-likeness (QED) is 0.119. The fraction of sp³-hybridized carbons (Fsp3) is 0.400. The largest absolute Gasteiger partial charge is 0.387 e. The van der Waals surface area contributed by atoms with Gasteiger partial charge in [0.05, 0.1) is 11.0 Å². The molecule has 238 valence electrons. The number of aromatic nitrogens is 3. The van der Waals surface area contributed by atoms with Crippen molar-refractivity contribution < 1.29 is 13.5 Å². The third-order valence-corrected chi connectivity index (χ3v) is 9.57. The number of hydrogen-bond donors (Lipinski definition) is 3. The average molecular weight is 629 g/mol. The lowest BCUT2D eigenvalue weighted by atomic mass is 10.1. The molecule has 0 aliphatic carbocycles. The van der Waals surface area contributed by atoms with Crippen molar-refractivity contribution in [2.45, 2.75) is 75.7 Å². The van der Waals surface area contributed by atoms with Crippen molar-refractivity contribution in [2.24, 2.45) is 0 Å². The van der Waals surface area contributed by atoms with Crippen LogP contribution in [0.3, 0.4) is 0 Å². The van der Waals surface area contributed by atoms with E-state index >= 15 is 0 Å². The minimum atomic E-state index is -3.76. The number of aliphatic hydroxyl groups excluding tert-OH is 1. The van der Waals surface area contributed by atoms with Gasteiger partial charge in [0.1, 0.15) is 0 Å². The second-order valence-electron chi connectivity index (χ2n) is 11.6. The minimum Gasteiger partial charge on any atom is -0.387 e. The SMILES string of the molecule is CCCCCCCCc1ccnc(N2CCc3cc(S(=O)(=O)Nc4ccc(CCNC[C@H](O)c5cccnc5)cc4)ccc32)n1. The zero-order valence-corrected chi connectivity index (χ0v) is 26.8. The zero-order chi connectivity index (χ0) is 31.5. The van der Waals surface area contributed by atoms with Crippen molar-refractivity contribution in [3.8, 4) is 0 Å². The van der Waals surface area contributed by atoms with E-state index in [9.17, 15) is 13.5 Å². The van der Waals surface area contributed by atoms with Gasteiger partial charge < -0.3 is 15.3 Å². The molecule has 3 N–H and O–H groups in total. The predicted octanol–water partition coefficient (Wildman–Crippen LogP) is 6.14. The van der Waals surface area contributed by atoms with Crippen LogP contribution in [0.15, 0.2) is 84.1 Å². The smallest absolute Gasteiger partial charge is 0.261 e. The lowest BCUT2D eigenvalue weighted by Crippen LogP contribution is -2.23. The van der Waals surface area contributed by atoms with E-state index in [1.54, 1.807) is 42.7 Å². The van der Waals surface area contributed by atoms with Crippen LogP contribution in [0.2, 0.25) is 0 Å². The first-order valence-corrected chi connectivity index (χ1v) is 17.5. The summed E-state index contributed by atoms with van der Waals surface area (Å²) in [5, 5.41) is 13.5. The Morgan fingerprint density at radius 1 is 0.956 bits per heavy atom. The lowest BCUT2D eigenvalue weighted by molar-refractivity contribution is 0.174. The molecule has 0 saturated carbocycles. The molecule has 45 heavy (non-hydrogen) atoms. The summed E-state index contributed by atoms with van der Waals surface area (Å²) in [6.07, 6.45) is 14.5. The van der Waals surface area contributed by atoms with E-state index in [1.165, 1.54) is 32.1 Å². The minimum absolute atomic E-state index is 0.237. The number of rotatable bonds is 17. The molecule has 10 heteroatoms. The van der Waals surface area contributed by atoms with Crippen LogP contribution >= 0.6 is 0 Å². The molecule has 2 aromatic carbocycles. The maximum atomic E-state index is 13.3. The van der Waals surface area contributed by atoms with Crippen molar-refractivity contribution in [3.05, 3.63) is 102 Å². The average Bonchev–Trinajstić information content (AvgIpc) is 3.49. The number of aryl methyl sites for hydroxylation is 1. The van der Waals surface area contributed by atoms with Crippen molar-refractivity contribution in [2.75, 3.05) is 29.3 Å². The van der Waals surface area contributed by atoms with Gasteiger partial charge >= 0.3 is 0 Å². The molecular formula is C35H44N6O3S. The highest BCUT2D eigenvalue weighted by molar-refractivity contribution is 7.92. The van der Waals surface area contributed by atoms with Crippen LogP contribution in [0.5, 0.6) is 0 Å². The molecule has 1 aliphatic rings. The molecule has 0 bridgehead atoms. The molecule has 0 spiro atoms. The number of unbranched alkanes of at least 4 members (excludes halogenated alkanes) is 5. The van der Waals surface area contributed by atoms with Gasteiger partial charge in [0.15, 0.2) is 0 Å². The second-order valence-corrected chi connectivity index (χ2v) is 13.3. The Kier molecular flexibility index (Phi) is 11.5. The van der Waals surface area contributed by atoms with E-state index in [4.69, 9.17) is 4.98 Å². The monoisotopic (exact) mass is 628 g/mol. The summed E-state index contributed by atoms with van der Waals surface area (Å²) in [6.45, 7) is 4.06. The number of nitrogens with zero attached hydrogens (tertiary/aromatic N) is 4. The Morgan fingerprint density at radius 2 is 1.78 bits per heavy atom. The van der Waals surface area contributed by atoms with Crippen LogP contribution in [-0.4, -0.2) is 48.1 Å². The summed E-state index contributed by atoms with van der Waals surface area (Å²) < 4.78 is 29.3. The van der Waals surface area contributed by atoms with Gasteiger partial charge in [0.25, 0.3) is 10.0 Å². The molecule has 1 aliphatic heterocycles. The van der Waals surface area contributed by atoms with Gasteiger partial charge in [-0.3, -0.25) is 9.71 Å². The van der Waals surface area contributed by atoms with E-state index in [1.807, 2.05) is 36.5 Å². The summed E-state index contributed by atoms with van der Waals surface area (Å²) in [4.78, 5) is 15.7. The molecule has 1 atom stereocenters. The molecule has 0 fully saturated rings. The second kappa shape index (κ2) is 15.9. The number of fused-ring (bicyclic) bond motifs is 1. The molecule has 5 rings (SSSR count). The van der Waals surface area contributed by atoms with Crippen LogP contribution in [0, 0.1) is 0 Å². The highest BCUT2D eigenvalue weighted by Crippen LogP contribution is 2.34. The van der Waals surface area contributed by atoms with Crippen LogP contribution in [0.25, 0.3) is 0 Å². The van der Waals surface area contributed by atoms with Gasteiger partial charge in [-0.05, 0) is 85.8 Å². The van der Waals surface area contributed by atoms with E-state index in [0.29, 0.717) is 31.3 Å². The highest BCUT2D eigenvalue weighted by Gasteiger charge is 2.25. The zero-order valence-electron chi connectivity index (χ0n) is 26.0. The number of benzene rings is 2. The number of aliphatic hydroxyl groups is 1. The molecular weight excluding hydrogens is 584 g/mol. The van der Waals surface area contributed by atoms with Crippen LogP contribution < -0.4 is 14.9 Å². The highest BCUT2D eigenvalue weighted by atomic mass is 32.2. The van der Waals surface area contributed by atoms with Crippen LogP contribution in [0.1, 0.15) is 73.9 Å². The Morgan fingerprint density at radius 3 is 2.58 bits per heavy atom. The maximum absolute atomic E-state index is 13.3. The summed E-state index contributed by atoms with van der Waals surface area (Å²) >= 11 is 0. The first kappa shape index (κ1) is 32.5. The van der Waals surface area contributed by atoms with Crippen molar-refractivity contribution in [3.63, 3.8) is 0 Å². The molecule has 3 heterocycles. The standard InChI is InChI=1S/C35H44N6O3S/c1-2-3-4-5-6-7-10-30-18-22-38-35(39-30)41-23-19-28-24-32(15-16-33(28)41)45(43,44)40-31-13-11-27(12-14-31)17-21-37-26-34(42)29-9-8-20-36-25-29/h8-9,11-16,18,20,22,24-25,34,37,40,42H,2-7,10,17,19,21,23,26H2,1H3/t34-/m0/s1. The normalized spacial score (nSPS) is 13.5. The predicted molar refractivity (Wildman–Crippen MR) is 179 cm³/mol. The van der Waals surface area contributed by atoms with Gasteiger partial charge in [-0.2, -0.15) is 0 Å². The van der Waals surface area contributed by atoms with Gasteiger partial charge in [-0.15, -0.1) is 0 Å². The van der Waals surface area contributed by atoms with Crippen molar-refractivity contribution in [1.82, 2.24) is 20.3 Å². The Balaban J connectivity index is 1.13. The summed E-state index contributed by atoms with van der Waals surface area (Å²) in [5.41, 5.74) is 5.33. The summed E-state index contributed by atoms with van der Waals surface area (Å²) in [6, 6.07) is 18.3. The Hall–Kier alpha value is -3.86. The van der Waals surface area contributed by atoms with E-state index in [2.05, 4.69) is 31.8 Å². The maximum Gasteiger partial charge on any atom is 0.261 e. The van der Waals surface area contributed by atoms with Crippen LogP contribution in [-0.2, 0) is 29.3 Å². The number of anilines is 3. The first-order chi connectivity index (χ1) is 21.9. The Labute approximate surface area is 267 Å². The molecule has 0 amide bonds. The number of pyridine rings is 1. The third kappa shape index (κ3) is 9.09. The number of sulfonamides is 1. The Bertz CT molecular complexity index is 1620. The number of hydrogen-bond acceptors (Lipinski definition) is 8. The van der Waals surface area contributed by atoms with E-state index < -0.39 is 16.1 Å². The third-order valence-electron chi connectivity index (χ3n) is 8.19. The molecule has 0 unspecified atom stereocenters.